The number of nitrogens with one attached hydrogen (secondary N) is 2. The maximum absolute atomic E-state index is 5.39. The van der Waals surface area contributed by atoms with E-state index < -0.39 is 0 Å². The van der Waals surface area contributed by atoms with E-state index >= 15 is 0 Å². The smallest absolute Gasteiger partial charge is 0.323 e. The van der Waals surface area contributed by atoms with Crippen molar-refractivity contribution in [2.45, 2.75) is 26.8 Å². The molecule has 21 heavy (non-hydrogen) atoms. The van der Waals surface area contributed by atoms with Crippen molar-refractivity contribution in [1.29, 1.82) is 0 Å². The number of aromatic nitrogens is 5. The van der Waals surface area contributed by atoms with Crippen molar-refractivity contribution in [3.63, 3.8) is 0 Å². The van der Waals surface area contributed by atoms with E-state index in [9.17, 15) is 0 Å². The Kier molecular flexibility index (Phi) is 5.27. The normalized spacial score (nSPS) is 10.4. The standard InChI is InChI=1S/C12H20N8O/c1-3-6-21-12-17-10(16-11(18-12)19-13)14-4-5-20-8-9(2)7-15-20/h7-8H,3-6,13H2,1-2H3,(H2,14,16,17,18,19). The molecule has 2 heterocycles. The highest BCUT2D eigenvalue weighted by Gasteiger charge is 2.06. The highest BCUT2D eigenvalue weighted by molar-refractivity contribution is 5.34. The SMILES string of the molecule is CCCOc1nc(NN)nc(NCCn2cc(C)cn2)n1. The lowest BCUT2D eigenvalue weighted by atomic mass is 10.4. The molecule has 0 fully saturated rings. The lowest BCUT2D eigenvalue weighted by Gasteiger charge is -2.09. The molecule has 2 aromatic rings. The van der Waals surface area contributed by atoms with Crippen LogP contribution in [-0.2, 0) is 6.54 Å². The molecule has 0 radical (unpaired) electrons. The number of rotatable bonds is 8. The summed E-state index contributed by atoms with van der Waals surface area (Å²) in [6, 6.07) is 0.247. The summed E-state index contributed by atoms with van der Waals surface area (Å²) in [6.45, 7) is 5.88. The summed E-state index contributed by atoms with van der Waals surface area (Å²) in [4.78, 5) is 12.3. The maximum Gasteiger partial charge on any atom is 0.323 e. The number of hydrazine groups is 1. The van der Waals surface area contributed by atoms with Crippen molar-refractivity contribution < 1.29 is 4.74 Å². The second kappa shape index (κ2) is 7.39. The van der Waals surface area contributed by atoms with Crippen LogP contribution in [0.1, 0.15) is 18.9 Å². The Hall–Kier alpha value is -2.42. The van der Waals surface area contributed by atoms with Crippen molar-refractivity contribution in [3.8, 4) is 6.01 Å². The zero-order valence-corrected chi connectivity index (χ0v) is 12.2. The molecule has 0 saturated carbocycles. The zero-order valence-electron chi connectivity index (χ0n) is 12.2. The molecule has 0 aliphatic heterocycles. The van der Waals surface area contributed by atoms with Gasteiger partial charge in [-0.3, -0.25) is 10.1 Å². The number of aryl methyl sites for hydroxylation is 1. The van der Waals surface area contributed by atoms with Crippen LogP contribution in [0.25, 0.3) is 0 Å². The molecule has 0 saturated heterocycles. The van der Waals surface area contributed by atoms with Crippen LogP contribution < -0.4 is 21.3 Å². The molecule has 9 nitrogen and oxygen atoms in total. The molecule has 0 bridgehead atoms. The summed E-state index contributed by atoms with van der Waals surface area (Å²) in [7, 11) is 0. The highest BCUT2D eigenvalue weighted by Crippen LogP contribution is 2.10. The van der Waals surface area contributed by atoms with Gasteiger partial charge in [0.05, 0.1) is 19.3 Å². The Morgan fingerprint density at radius 3 is 2.76 bits per heavy atom. The van der Waals surface area contributed by atoms with E-state index in [4.69, 9.17) is 10.6 Å². The third kappa shape index (κ3) is 4.56. The lowest BCUT2D eigenvalue weighted by Crippen LogP contribution is -2.17. The van der Waals surface area contributed by atoms with Gasteiger partial charge < -0.3 is 10.1 Å². The molecule has 0 atom stereocenters. The van der Waals surface area contributed by atoms with Crippen LogP contribution in [0.4, 0.5) is 11.9 Å². The van der Waals surface area contributed by atoms with Crippen LogP contribution in [0, 0.1) is 6.92 Å². The van der Waals surface area contributed by atoms with Crippen molar-refractivity contribution >= 4 is 11.9 Å². The summed E-state index contributed by atoms with van der Waals surface area (Å²) in [6.07, 6.45) is 4.66. The molecule has 0 aliphatic carbocycles. The molecule has 4 N–H and O–H groups in total. The highest BCUT2D eigenvalue weighted by atomic mass is 16.5. The van der Waals surface area contributed by atoms with Crippen molar-refractivity contribution in [1.82, 2.24) is 24.7 Å². The number of hydrogen-bond donors (Lipinski definition) is 3. The van der Waals surface area contributed by atoms with Crippen molar-refractivity contribution in [2.24, 2.45) is 5.84 Å². The van der Waals surface area contributed by atoms with Crippen molar-refractivity contribution in [2.75, 3.05) is 23.9 Å². The first-order valence-corrected chi connectivity index (χ1v) is 6.79. The number of nitrogen functional groups attached to an aromatic ring is 1. The molecule has 0 spiro atoms. The summed E-state index contributed by atoms with van der Waals surface area (Å²) >= 11 is 0. The summed E-state index contributed by atoms with van der Waals surface area (Å²) in [5, 5.41) is 7.30. The molecular formula is C12H20N8O. The monoisotopic (exact) mass is 292 g/mol. The molecule has 114 valence electrons. The maximum atomic E-state index is 5.39. The first-order valence-electron chi connectivity index (χ1n) is 6.79. The van der Waals surface area contributed by atoms with Gasteiger partial charge >= 0.3 is 6.01 Å². The topological polar surface area (TPSA) is 116 Å². The van der Waals surface area contributed by atoms with E-state index in [2.05, 4.69) is 30.8 Å². The van der Waals surface area contributed by atoms with E-state index in [-0.39, 0.29) is 12.0 Å². The van der Waals surface area contributed by atoms with Gasteiger partial charge in [0, 0.05) is 12.7 Å². The number of nitrogens with zero attached hydrogens (tertiary/aromatic N) is 5. The van der Waals surface area contributed by atoms with Gasteiger partial charge in [0.1, 0.15) is 0 Å². The molecule has 2 aromatic heterocycles. The number of nitrogens with two attached hydrogens (primary N) is 1. The second-order valence-corrected chi connectivity index (χ2v) is 4.47. The fourth-order valence-corrected chi connectivity index (χ4v) is 1.63. The minimum atomic E-state index is 0.247. The largest absolute Gasteiger partial charge is 0.463 e. The minimum absolute atomic E-state index is 0.247. The Bertz CT molecular complexity index is 570. The van der Waals surface area contributed by atoms with Crippen LogP contribution in [0.15, 0.2) is 12.4 Å². The van der Waals surface area contributed by atoms with Crippen molar-refractivity contribution in [3.05, 3.63) is 18.0 Å². The van der Waals surface area contributed by atoms with Gasteiger partial charge in [-0.1, -0.05) is 6.92 Å². The Morgan fingerprint density at radius 2 is 2.10 bits per heavy atom. The Labute approximate surface area is 122 Å². The van der Waals surface area contributed by atoms with Gasteiger partial charge in [0.25, 0.3) is 0 Å². The Morgan fingerprint density at radius 1 is 1.29 bits per heavy atom. The van der Waals surface area contributed by atoms with Crippen LogP contribution in [-0.4, -0.2) is 37.9 Å². The van der Waals surface area contributed by atoms with Crippen LogP contribution in [0.2, 0.25) is 0 Å². The third-order valence-electron chi connectivity index (χ3n) is 2.57. The molecule has 2 rings (SSSR count). The van der Waals surface area contributed by atoms with Crippen LogP contribution in [0.3, 0.4) is 0 Å². The van der Waals surface area contributed by atoms with Gasteiger partial charge in [0.2, 0.25) is 11.9 Å². The summed E-state index contributed by atoms with van der Waals surface area (Å²) in [5.41, 5.74) is 3.52. The van der Waals surface area contributed by atoms with E-state index in [1.807, 2.05) is 30.9 Å². The van der Waals surface area contributed by atoms with Gasteiger partial charge in [-0.15, -0.1) is 0 Å². The predicted octanol–water partition coefficient (Wildman–Crippen LogP) is 0.563. The average molecular weight is 292 g/mol. The average Bonchev–Trinajstić information content (AvgIpc) is 2.90. The molecular weight excluding hydrogens is 272 g/mol. The number of anilines is 2. The van der Waals surface area contributed by atoms with Gasteiger partial charge in [0.15, 0.2) is 0 Å². The molecule has 0 unspecified atom stereocenters. The van der Waals surface area contributed by atoms with Crippen LogP contribution >= 0.6 is 0 Å². The minimum Gasteiger partial charge on any atom is -0.463 e. The summed E-state index contributed by atoms with van der Waals surface area (Å²) in [5.74, 6) is 6.01. The fraction of sp³-hybridized carbons (Fsp3) is 0.500. The van der Waals surface area contributed by atoms with Gasteiger partial charge in [-0.25, -0.2) is 5.84 Å². The number of ether oxygens (including phenoxy) is 1. The zero-order chi connectivity index (χ0) is 15.1. The molecule has 9 heteroatoms. The van der Waals surface area contributed by atoms with E-state index in [1.54, 1.807) is 0 Å². The third-order valence-corrected chi connectivity index (χ3v) is 2.57. The molecule has 0 amide bonds. The number of hydrogen-bond acceptors (Lipinski definition) is 8. The second-order valence-electron chi connectivity index (χ2n) is 4.47. The summed E-state index contributed by atoms with van der Waals surface area (Å²) < 4.78 is 7.24. The first kappa shape index (κ1) is 15.0. The quantitative estimate of drug-likeness (QED) is 0.477. The van der Waals surface area contributed by atoms with E-state index in [0.717, 1.165) is 12.0 Å². The molecule has 0 aromatic carbocycles. The fourth-order valence-electron chi connectivity index (χ4n) is 1.63. The van der Waals surface area contributed by atoms with Gasteiger partial charge in [-0.05, 0) is 18.9 Å². The predicted molar refractivity (Wildman–Crippen MR) is 78.9 cm³/mol. The first-order chi connectivity index (χ1) is 10.2. The lowest BCUT2D eigenvalue weighted by molar-refractivity contribution is 0.292. The van der Waals surface area contributed by atoms with Gasteiger partial charge in [-0.2, -0.15) is 20.1 Å². The van der Waals surface area contributed by atoms with Crippen LogP contribution in [0.5, 0.6) is 6.01 Å². The Balaban J connectivity index is 1.94. The van der Waals surface area contributed by atoms with E-state index in [0.29, 0.717) is 25.6 Å². The molecule has 0 aliphatic rings. The van der Waals surface area contributed by atoms with E-state index in [1.165, 1.54) is 0 Å².